The third-order valence-electron chi connectivity index (χ3n) is 2.71. The van der Waals surface area contributed by atoms with Gasteiger partial charge in [0, 0.05) is 13.1 Å². The lowest BCUT2D eigenvalue weighted by Gasteiger charge is -2.26. The Kier molecular flexibility index (Phi) is 3.68. The molecular formula is C12H15FN2. The number of hydrogen-bond donors (Lipinski definition) is 0. The fourth-order valence-corrected chi connectivity index (χ4v) is 1.42. The molecule has 1 aromatic carbocycles. The Bertz CT molecular complexity index is 382. The van der Waals surface area contributed by atoms with Crippen LogP contribution in [0, 0.1) is 17.1 Å². The molecule has 1 unspecified atom stereocenters. The van der Waals surface area contributed by atoms with Gasteiger partial charge in [0.25, 0.3) is 0 Å². The van der Waals surface area contributed by atoms with E-state index in [-0.39, 0.29) is 5.82 Å². The predicted octanol–water partition coefficient (Wildman–Crippen LogP) is 2.93. The van der Waals surface area contributed by atoms with Gasteiger partial charge in [0.2, 0.25) is 0 Å². The van der Waals surface area contributed by atoms with Crippen molar-refractivity contribution in [1.82, 2.24) is 0 Å². The molecule has 0 radical (unpaired) electrons. The Hall–Kier alpha value is -1.56. The monoisotopic (exact) mass is 206 g/mol. The Balaban J connectivity index is 3.09. The van der Waals surface area contributed by atoms with Crippen LogP contribution in [0.25, 0.3) is 0 Å². The highest BCUT2D eigenvalue weighted by atomic mass is 19.1. The molecule has 3 heteroatoms. The molecule has 2 nitrogen and oxygen atoms in total. The van der Waals surface area contributed by atoms with Crippen molar-refractivity contribution >= 4 is 5.69 Å². The maximum absolute atomic E-state index is 12.9. The summed E-state index contributed by atoms with van der Waals surface area (Å²) < 4.78 is 12.9. The van der Waals surface area contributed by atoms with Crippen molar-refractivity contribution in [2.75, 3.05) is 11.9 Å². The average Bonchev–Trinajstić information content (AvgIpc) is 2.26. The number of hydrogen-bond acceptors (Lipinski definition) is 2. The summed E-state index contributed by atoms with van der Waals surface area (Å²) in [5.74, 6) is -0.368. The van der Waals surface area contributed by atoms with Gasteiger partial charge in [0.1, 0.15) is 11.9 Å². The Morgan fingerprint density at radius 1 is 1.53 bits per heavy atom. The van der Waals surface area contributed by atoms with E-state index in [1.54, 1.807) is 6.07 Å². The summed E-state index contributed by atoms with van der Waals surface area (Å²) >= 11 is 0. The lowest BCUT2D eigenvalue weighted by Crippen LogP contribution is -2.28. The van der Waals surface area contributed by atoms with E-state index in [0.29, 0.717) is 11.6 Å². The van der Waals surface area contributed by atoms with Gasteiger partial charge in [0.15, 0.2) is 0 Å². The zero-order valence-corrected chi connectivity index (χ0v) is 9.29. The first-order chi connectivity index (χ1) is 7.10. The van der Waals surface area contributed by atoms with Gasteiger partial charge in [-0.25, -0.2) is 4.39 Å². The fourth-order valence-electron chi connectivity index (χ4n) is 1.42. The van der Waals surface area contributed by atoms with Gasteiger partial charge in [-0.15, -0.1) is 0 Å². The Morgan fingerprint density at radius 2 is 2.20 bits per heavy atom. The van der Waals surface area contributed by atoms with E-state index in [1.165, 1.54) is 12.1 Å². The summed E-state index contributed by atoms with van der Waals surface area (Å²) in [5, 5.41) is 8.90. The van der Waals surface area contributed by atoms with Crippen LogP contribution in [0.4, 0.5) is 10.1 Å². The number of anilines is 1. The summed E-state index contributed by atoms with van der Waals surface area (Å²) in [7, 11) is 1.92. The molecule has 0 aliphatic carbocycles. The second-order valence-electron chi connectivity index (χ2n) is 3.64. The molecule has 15 heavy (non-hydrogen) atoms. The van der Waals surface area contributed by atoms with Gasteiger partial charge < -0.3 is 4.90 Å². The van der Waals surface area contributed by atoms with E-state index in [4.69, 9.17) is 5.26 Å². The second-order valence-corrected chi connectivity index (χ2v) is 3.64. The van der Waals surface area contributed by atoms with Crippen LogP contribution in [0.3, 0.4) is 0 Å². The summed E-state index contributed by atoms with van der Waals surface area (Å²) in [4.78, 5) is 2.00. The van der Waals surface area contributed by atoms with Gasteiger partial charge in [-0.1, -0.05) is 6.92 Å². The number of halogens is 1. The first-order valence-corrected chi connectivity index (χ1v) is 5.02. The van der Waals surface area contributed by atoms with Gasteiger partial charge in [-0.05, 0) is 31.5 Å². The maximum Gasteiger partial charge on any atom is 0.124 e. The van der Waals surface area contributed by atoms with Crippen LogP contribution in [0.1, 0.15) is 25.8 Å². The van der Waals surface area contributed by atoms with Crippen molar-refractivity contribution in [3.8, 4) is 6.07 Å². The van der Waals surface area contributed by atoms with Gasteiger partial charge in [-0.3, -0.25) is 0 Å². The fraction of sp³-hybridized carbons (Fsp3) is 0.417. The molecular weight excluding hydrogens is 191 g/mol. The number of nitrogens with zero attached hydrogens (tertiary/aromatic N) is 2. The minimum absolute atomic E-state index is 0.336. The van der Waals surface area contributed by atoms with Crippen molar-refractivity contribution in [2.24, 2.45) is 0 Å². The van der Waals surface area contributed by atoms with Crippen molar-refractivity contribution < 1.29 is 4.39 Å². The van der Waals surface area contributed by atoms with Crippen molar-refractivity contribution in [2.45, 2.75) is 26.3 Å². The van der Waals surface area contributed by atoms with E-state index in [0.717, 1.165) is 12.1 Å². The minimum atomic E-state index is -0.368. The molecule has 0 spiro atoms. The first kappa shape index (κ1) is 11.5. The van der Waals surface area contributed by atoms with E-state index >= 15 is 0 Å². The molecule has 0 aliphatic rings. The molecule has 0 amide bonds. The van der Waals surface area contributed by atoms with Crippen LogP contribution in [-0.4, -0.2) is 13.1 Å². The van der Waals surface area contributed by atoms with E-state index in [9.17, 15) is 4.39 Å². The largest absolute Gasteiger partial charge is 0.371 e. The number of rotatable bonds is 3. The Morgan fingerprint density at radius 3 is 2.73 bits per heavy atom. The SMILES string of the molecule is CCC(C)N(C)c1ccc(F)cc1C#N. The van der Waals surface area contributed by atoms with Crippen LogP contribution < -0.4 is 4.90 Å². The van der Waals surface area contributed by atoms with Crippen molar-refractivity contribution in [1.29, 1.82) is 5.26 Å². The highest BCUT2D eigenvalue weighted by molar-refractivity contribution is 5.59. The third kappa shape index (κ3) is 2.47. The van der Waals surface area contributed by atoms with Gasteiger partial charge in [-0.2, -0.15) is 5.26 Å². The zero-order chi connectivity index (χ0) is 11.4. The topological polar surface area (TPSA) is 27.0 Å². The third-order valence-corrected chi connectivity index (χ3v) is 2.71. The molecule has 0 aliphatic heterocycles. The highest BCUT2D eigenvalue weighted by Crippen LogP contribution is 2.22. The molecule has 0 fully saturated rings. The van der Waals surface area contributed by atoms with Crippen molar-refractivity contribution in [3.05, 3.63) is 29.6 Å². The zero-order valence-electron chi connectivity index (χ0n) is 9.29. The van der Waals surface area contributed by atoms with Crippen LogP contribution in [-0.2, 0) is 0 Å². The average molecular weight is 206 g/mol. The molecule has 0 heterocycles. The molecule has 0 aromatic heterocycles. The summed E-state index contributed by atoms with van der Waals surface area (Å²) in [6.07, 6.45) is 0.985. The first-order valence-electron chi connectivity index (χ1n) is 5.02. The molecule has 80 valence electrons. The molecule has 0 saturated carbocycles. The lowest BCUT2D eigenvalue weighted by molar-refractivity contribution is 0.624. The Labute approximate surface area is 89.9 Å². The van der Waals surface area contributed by atoms with E-state index in [1.807, 2.05) is 18.0 Å². The molecule has 1 aromatic rings. The number of benzene rings is 1. The normalized spacial score (nSPS) is 11.9. The van der Waals surface area contributed by atoms with E-state index < -0.39 is 0 Å². The van der Waals surface area contributed by atoms with Crippen LogP contribution in [0.15, 0.2) is 18.2 Å². The van der Waals surface area contributed by atoms with Crippen molar-refractivity contribution in [3.63, 3.8) is 0 Å². The van der Waals surface area contributed by atoms with Crippen LogP contribution in [0.5, 0.6) is 0 Å². The number of nitriles is 1. The molecule has 1 rings (SSSR count). The van der Waals surface area contributed by atoms with Crippen LogP contribution >= 0.6 is 0 Å². The minimum Gasteiger partial charge on any atom is -0.371 e. The van der Waals surface area contributed by atoms with Crippen LogP contribution in [0.2, 0.25) is 0 Å². The standard InChI is InChI=1S/C12H15FN2/c1-4-9(2)15(3)12-6-5-11(13)7-10(12)8-14/h5-7,9H,4H2,1-3H3. The lowest BCUT2D eigenvalue weighted by atomic mass is 10.1. The van der Waals surface area contributed by atoms with Gasteiger partial charge >= 0.3 is 0 Å². The molecule has 0 saturated heterocycles. The second kappa shape index (κ2) is 4.79. The van der Waals surface area contributed by atoms with Gasteiger partial charge in [0.05, 0.1) is 11.3 Å². The maximum atomic E-state index is 12.9. The summed E-state index contributed by atoms with van der Waals surface area (Å²) in [6.45, 7) is 4.15. The van der Waals surface area contributed by atoms with E-state index in [2.05, 4.69) is 13.8 Å². The molecule has 0 bridgehead atoms. The molecule has 1 atom stereocenters. The molecule has 0 N–H and O–H groups in total. The smallest absolute Gasteiger partial charge is 0.124 e. The predicted molar refractivity (Wildman–Crippen MR) is 59.3 cm³/mol. The quantitative estimate of drug-likeness (QED) is 0.760. The highest BCUT2D eigenvalue weighted by Gasteiger charge is 2.12. The summed E-state index contributed by atoms with van der Waals surface area (Å²) in [5.41, 5.74) is 1.17. The summed E-state index contributed by atoms with van der Waals surface area (Å²) in [6, 6.07) is 6.66.